The molecule has 1 N–H and O–H groups in total. The molecular formula is C18H26N4O3S. The zero-order valence-corrected chi connectivity index (χ0v) is 15.7. The van der Waals surface area contributed by atoms with E-state index in [9.17, 15) is 9.59 Å². The lowest BCUT2D eigenvalue weighted by Crippen LogP contribution is -2.60. The number of piperidine rings is 1. The molecule has 2 amide bonds. The number of carbonyl (C=O) groups is 2. The average Bonchev–Trinajstić information content (AvgIpc) is 3.24. The van der Waals surface area contributed by atoms with Crippen molar-refractivity contribution in [3.63, 3.8) is 0 Å². The zero-order valence-electron chi connectivity index (χ0n) is 14.9. The van der Waals surface area contributed by atoms with Crippen molar-refractivity contribution in [1.82, 2.24) is 20.0 Å². The van der Waals surface area contributed by atoms with E-state index < -0.39 is 0 Å². The predicted molar refractivity (Wildman–Crippen MR) is 99.0 cm³/mol. The molecule has 0 unspecified atom stereocenters. The van der Waals surface area contributed by atoms with Crippen molar-refractivity contribution in [3.8, 4) is 0 Å². The van der Waals surface area contributed by atoms with Crippen molar-refractivity contribution in [2.24, 2.45) is 0 Å². The van der Waals surface area contributed by atoms with Gasteiger partial charge < -0.3 is 15.0 Å². The normalized spacial score (nSPS) is 22.3. The molecule has 3 fully saturated rings. The summed E-state index contributed by atoms with van der Waals surface area (Å²) in [7, 11) is 0. The van der Waals surface area contributed by atoms with Gasteiger partial charge in [-0.3, -0.25) is 14.6 Å². The van der Waals surface area contributed by atoms with Gasteiger partial charge in [0.25, 0.3) is 0 Å². The number of rotatable bonds is 6. The molecule has 3 aliphatic rings. The van der Waals surface area contributed by atoms with Crippen molar-refractivity contribution in [2.75, 3.05) is 45.9 Å². The Morgan fingerprint density at radius 3 is 2.69 bits per heavy atom. The summed E-state index contributed by atoms with van der Waals surface area (Å²) in [5.41, 5.74) is 1.16. The molecule has 4 rings (SSSR count). The summed E-state index contributed by atoms with van der Waals surface area (Å²) >= 11 is 1.65. The first-order valence-electron chi connectivity index (χ1n) is 9.38. The smallest absolute Gasteiger partial charge is 0.410 e. The number of nitrogens with zero attached hydrogens (tertiary/aromatic N) is 3. The molecule has 8 heteroatoms. The maximum Gasteiger partial charge on any atom is 0.410 e. The molecule has 1 aromatic rings. The van der Waals surface area contributed by atoms with E-state index in [0.29, 0.717) is 25.7 Å². The van der Waals surface area contributed by atoms with Gasteiger partial charge in [-0.25, -0.2) is 4.79 Å². The van der Waals surface area contributed by atoms with E-state index in [1.165, 1.54) is 4.90 Å². The highest BCUT2D eigenvalue weighted by Gasteiger charge is 2.34. The molecular weight excluding hydrogens is 352 g/mol. The Balaban J connectivity index is 1.40. The van der Waals surface area contributed by atoms with Crippen LogP contribution in [0.3, 0.4) is 0 Å². The lowest BCUT2D eigenvalue weighted by atomic mass is 9.99. The Hall–Kier alpha value is -1.64. The predicted octanol–water partition coefficient (Wildman–Crippen LogP) is 0.965. The highest BCUT2D eigenvalue weighted by atomic mass is 32.1. The SMILES string of the molecule is O=C1OCCN1CC(=O)N(Cc1ccsc1)C1CCN(C2CNC2)CC1. The van der Waals surface area contributed by atoms with Gasteiger partial charge in [0.15, 0.2) is 0 Å². The van der Waals surface area contributed by atoms with Crippen LogP contribution in [-0.4, -0.2) is 84.7 Å². The van der Waals surface area contributed by atoms with Gasteiger partial charge in [0.05, 0.1) is 6.54 Å². The van der Waals surface area contributed by atoms with Crippen LogP contribution in [0.15, 0.2) is 16.8 Å². The van der Waals surface area contributed by atoms with E-state index in [0.717, 1.165) is 44.6 Å². The van der Waals surface area contributed by atoms with Crippen LogP contribution in [0.2, 0.25) is 0 Å². The minimum absolute atomic E-state index is 0.0267. The summed E-state index contributed by atoms with van der Waals surface area (Å²) in [6.45, 7) is 5.87. The Labute approximate surface area is 157 Å². The molecule has 1 aromatic heterocycles. The third-order valence-electron chi connectivity index (χ3n) is 5.64. The first kappa shape index (κ1) is 17.8. The van der Waals surface area contributed by atoms with Crippen LogP contribution in [0.5, 0.6) is 0 Å². The zero-order chi connectivity index (χ0) is 17.9. The average molecular weight is 378 g/mol. The fraction of sp³-hybridized carbons (Fsp3) is 0.667. The maximum absolute atomic E-state index is 13.0. The Morgan fingerprint density at radius 2 is 2.12 bits per heavy atom. The first-order chi connectivity index (χ1) is 12.7. The quantitative estimate of drug-likeness (QED) is 0.799. The van der Waals surface area contributed by atoms with E-state index in [2.05, 4.69) is 21.7 Å². The summed E-state index contributed by atoms with van der Waals surface area (Å²) in [6.07, 6.45) is 1.62. The molecule has 7 nitrogen and oxygen atoms in total. The van der Waals surface area contributed by atoms with Crippen LogP contribution in [0.25, 0.3) is 0 Å². The molecule has 3 aliphatic heterocycles. The minimum Gasteiger partial charge on any atom is -0.448 e. The Kier molecular flexibility index (Phi) is 5.42. The third-order valence-corrected chi connectivity index (χ3v) is 6.37. The maximum atomic E-state index is 13.0. The molecule has 0 aromatic carbocycles. The molecule has 0 radical (unpaired) electrons. The lowest BCUT2D eigenvalue weighted by Gasteiger charge is -2.44. The standard InChI is InChI=1S/C18H26N4O3S/c23-17(12-21-6-7-25-18(21)24)22(11-14-3-8-26-13-14)15-1-4-20(5-2-15)16-9-19-10-16/h3,8,13,15-16,19H,1-2,4-7,9-12H2. The van der Waals surface area contributed by atoms with E-state index in [1.54, 1.807) is 11.3 Å². The van der Waals surface area contributed by atoms with Gasteiger partial charge in [-0.1, -0.05) is 0 Å². The number of nitrogens with one attached hydrogen (secondary N) is 1. The largest absolute Gasteiger partial charge is 0.448 e. The molecule has 3 saturated heterocycles. The fourth-order valence-electron chi connectivity index (χ4n) is 3.92. The second kappa shape index (κ2) is 7.94. The molecule has 26 heavy (non-hydrogen) atoms. The van der Waals surface area contributed by atoms with Crippen molar-refractivity contribution in [2.45, 2.75) is 31.5 Å². The van der Waals surface area contributed by atoms with Gasteiger partial charge >= 0.3 is 6.09 Å². The molecule has 0 aliphatic carbocycles. The van der Waals surface area contributed by atoms with Gasteiger partial charge in [-0.05, 0) is 35.2 Å². The first-order valence-corrected chi connectivity index (χ1v) is 10.3. The van der Waals surface area contributed by atoms with Gasteiger partial charge in [0.2, 0.25) is 5.91 Å². The summed E-state index contributed by atoms with van der Waals surface area (Å²) in [5.74, 6) is 0.0267. The van der Waals surface area contributed by atoms with E-state index >= 15 is 0 Å². The van der Waals surface area contributed by atoms with Crippen LogP contribution in [0, 0.1) is 0 Å². The van der Waals surface area contributed by atoms with Crippen LogP contribution in [0.4, 0.5) is 4.79 Å². The van der Waals surface area contributed by atoms with Gasteiger partial charge in [-0.2, -0.15) is 11.3 Å². The van der Waals surface area contributed by atoms with E-state index in [1.807, 2.05) is 10.3 Å². The summed E-state index contributed by atoms with van der Waals surface area (Å²) in [6, 6.07) is 2.98. The molecule has 4 heterocycles. The second-order valence-electron chi connectivity index (χ2n) is 7.27. The Bertz CT molecular complexity index is 626. The number of carbonyl (C=O) groups excluding carboxylic acids is 2. The van der Waals surface area contributed by atoms with E-state index in [-0.39, 0.29) is 24.6 Å². The summed E-state index contributed by atoms with van der Waals surface area (Å²) in [5, 5.41) is 7.47. The topological polar surface area (TPSA) is 65.1 Å². The van der Waals surface area contributed by atoms with Gasteiger partial charge in [-0.15, -0.1) is 0 Å². The minimum atomic E-state index is -0.374. The molecule has 0 bridgehead atoms. The molecule has 0 atom stereocenters. The number of ether oxygens (including phenoxy) is 1. The number of amides is 2. The highest BCUT2D eigenvalue weighted by molar-refractivity contribution is 7.07. The van der Waals surface area contributed by atoms with Crippen molar-refractivity contribution < 1.29 is 14.3 Å². The number of thiophene rings is 1. The van der Waals surface area contributed by atoms with Crippen LogP contribution < -0.4 is 5.32 Å². The number of cyclic esters (lactones) is 1. The van der Waals surface area contributed by atoms with Gasteiger partial charge in [0, 0.05) is 44.8 Å². The lowest BCUT2D eigenvalue weighted by molar-refractivity contribution is -0.136. The van der Waals surface area contributed by atoms with Crippen LogP contribution in [-0.2, 0) is 16.1 Å². The number of likely N-dealkylation sites (tertiary alicyclic amines) is 1. The number of hydrogen-bond donors (Lipinski definition) is 1. The van der Waals surface area contributed by atoms with Crippen LogP contribution >= 0.6 is 11.3 Å². The monoisotopic (exact) mass is 378 g/mol. The Morgan fingerprint density at radius 1 is 1.31 bits per heavy atom. The fourth-order valence-corrected chi connectivity index (χ4v) is 4.58. The molecule has 142 valence electrons. The van der Waals surface area contributed by atoms with Gasteiger partial charge in [0.1, 0.15) is 13.2 Å². The van der Waals surface area contributed by atoms with Crippen molar-refractivity contribution in [1.29, 1.82) is 0 Å². The molecule has 0 spiro atoms. The van der Waals surface area contributed by atoms with Crippen LogP contribution in [0.1, 0.15) is 18.4 Å². The van der Waals surface area contributed by atoms with Crippen molar-refractivity contribution >= 4 is 23.3 Å². The third kappa shape index (κ3) is 3.87. The molecule has 0 saturated carbocycles. The van der Waals surface area contributed by atoms with E-state index in [4.69, 9.17) is 4.74 Å². The summed E-state index contributed by atoms with van der Waals surface area (Å²) in [4.78, 5) is 30.8. The summed E-state index contributed by atoms with van der Waals surface area (Å²) < 4.78 is 4.96. The number of hydrogen-bond acceptors (Lipinski definition) is 6. The highest BCUT2D eigenvalue weighted by Crippen LogP contribution is 2.23. The second-order valence-corrected chi connectivity index (χ2v) is 8.05. The van der Waals surface area contributed by atoms with Crippen molar-refractivity contribution in [3.05, 3.63) is 22.4 Å².